The topological polar surface area (TPSA) is 58.1 Å². The Hall–Kier alpha value is -2.41. The molecule has 0 radical (unpaired) electrons. The molecule has 0 aliphatic carbocycles. The van der Waals surface area contributed by atoms with E-state index in [9.17, 15) is 13.6 Å². The van der Waals surface area contributed by atoms with Gasteiger partial charge in [-0.2, -0.15) is 0 Å². The molecular formula is C18H20F2N4O. The van der Waals surface area contributed by atoms with E-state index < -0.39 is 11.6 Å². The first-order valence-corrected chi connectivity index (χ1v) is 8.31. The third-order valence-corrected chi connectivity index (χ3v) is 4.66. The highest BCUT2D eigenvalue weighted by molar-refractivity contribution is 5.90. The molecule has 1 aromatic heterocycles. The number of nitrogens with one attached hydrogen (secondary N) is 1. The van der Waals surface area contributed by atoms with Gasteiger partial charge < -0.3 is 0 Å². The molecule has 2 aromatic rings. The lowest BCUT2D eigenvalue weighted by atomic mass is 9.93. The number of likely N-dealkylation sites (tertiary alicyclic amines) is 1. The van der Waals surface area contributed by atoms with Crippen molar-refractivity contribution in [3.63, 3.8) is 0 Å². The summed E-state index contributed by atoms with van der Waals surface area (Å²) in [6.07, 6.45) is 4.49. The molecule has 25 heavy (non-hydrogen) atoms. The van der Waals surface area contributed by atoms with Crippen LogP contribution in [0.1, 0.15) is 31.4 Å². The molecule has 132 valence electrons. The van der Waals surface area contributed by atoms with Gasteiger partial charge in [0.1, 0.15) is 11.6 Å². The maximum atomic E-state index is 14.0. The van der Waals surface area contributed by atoms with Crippen molar-refractivity contribution in [1.82, 2.24) is 14.9 Å². The molecule has 2 heterocycles. The Morgan fingerprint density at radius 2 is 1.92 bits per heavy atom. The van der Waals surface area contributed by atoms with Crippen molar-refractivity contribution in [2.75, 3.05) is 18.4 Å². The summed E-state index contributed by atoms with van der Waals surface area (Å²) >= 11 is 0. The number of aromatic nitrogens is 2. The molecule has 0 spiro atoms. The number of rotatable bonds is 4. The lowest BCUT2D eigenvalue weighted by Crippen LogP contribution is -2.39. The van der Waals surface area contributed by atoms with E-state index in [-0.39, 0.29) is 17.9 Å². The summed E-state index contributed by atoms with van der Waals surface area (Å²) in [5.74, 6) is -1.02. The van der Waals surface area contributed by atoms with Gasteiger partial charge in [0.05, 0.1) is 0 Å². The van der Waals surface area contributed by atoms with E-state index in [1.807, 2.05) is 6.92 Å². The van der Waals surface area contributed by atoms with Crippen LogP contribution in [0, 0.1) is 17.6 Å². The Labute approximate surface area is 145 Å². The third-order valence-electron chi connectivity index (χ3n) is 4.66. The van der Waals surface area contributed by atoms with Crippen LogP contribution in [0.4, 0.5) is 14.7 Å². The van der Waals surface area contributed by atoms with Gasteiger partial charge in [0.2, 0.25) is 11.9 Å². The van der Waals surface area contributed by atoms with E-state index in [1.54, 1.807) is 18.5 Å². The molecule has 3 rings (SSSR count). The number of amides is 1. The van der Waals surface area contributed by atoms with Crippen molar-refractivity contribution in [2.24, 2.45) is 5.92 Å². The number of carbonyl (C=O) groups excluding carboxylic acids is 1. The van der Waals surface area contributed by atoms with Gasteiger partial charge in [-0.25, -0.2) is 18.7 Å². The normalized spacial score (nSPS) is 17.2. The van der Waals surface area contributed by atoms with Crippen LogP contribution >= 0.6 is 0 Å². The summed E-state index contributed by atoms with van der Waals surface area (Å²) in [6.45, 7) is 3.24. The first-order chi connectivity index (χ1) is 12.0. The second-order valence-corrected chi connectivity index (χ2v) is 6.21. The van der Waals surface area contributed by atoms with Crippen molar-refractivity contribution < 1.29 is 13.6 Å². The minimum Gasteiger partial charge on any atom is -0.296 e. The van der Waals surface area contributed by atoms with Crippen LogP contribution in [0.5, 0.6) is 0 Å². The van der Waals surface area contributed by atoms with Crippen LogP contribution < -0.4 is 5.32 Å². The zero-order valence-electron chi connectivity index (χ0n) is 14.0. The summed E-state index contributed by atoms with van der Waals surface area (Å²) in [5, 5.41) is 2.72. The standard InChI is InChI=1S/C18H20F2N4O/c1-12(15-4-3-14(19)11-16(15)20)24-9-5-13(6-10-24)17(25)23-18-21-7-2-8-22-18/h2-4,7-8,11-13H,5-6,9-10H2,1H3,(H,21,22,23,25)/t12-/m1/s1. The molecule has 5 nitrogen and oxygen atoms in total. The number of piperidine rings is 1. The number of hydrogen-bond acceptors (Lipinski definition) is 4. The van der Waals surface area contributed by atoms with Crippen LogP contribution in [0.15, 0.2) is 36.7 Å². The van der Waals surface area contributed by atoms with Gasteiger partial charge in [-0.15, -0.1) is 0 Å². The molecule has 1 atom stereocenters. The van der Waals surface area contributed by atoms with Crippen LogP contribution in [-0.2, 0) is 4.79 Å². The molecule has 1 aliphatic heterocycles. The number of anilines is 1. The monoisotopic (exact) mass is 346 g/mol. The van der Waals surface area contributed by atoms with Crippen LogP contribution in [0.3, 0.4) is 0 Å². The fourth-order valence-electron chi connectivity index (χ4n) is 3.16. The maximum Gasteiger partial charge on any atom is 0.229 e. The Balaban J connectivity index is 1.57. The Kier molecular flexibility index (Phi) is 5.33. The Morgan fingerprint density at radius 1 is 1.24 bits per heavy atom. The molecule has 1 aromatic carbocycles. The lowest BCUT2D eigenvalue weighted by Gasteiger charge is -2.35. The van der Waals surface area contributed by atoms with Crippen LogP contribution in [0.2, 0.25) is 0 Å². The Bertz CT molecular complexity index is 733. The van der Waals surface area contributed by atoms with E-state index in [4.69, 9.17) is 0 Å². The summed E-state index contributed by atoms with van der Waals surface area (Å²) < 4.78 is 27.0. The zero-order chi connectivity index (χ0) is 17.8. The van der Waals surface area contributed by atoms with Crippen molar-refractivity contribution >= 4 is 11.9 Å². The van der Waals surface area contributed by atoms with E-state index in [1.165, 1.54) is 12.1 Å². The Morgan fingerprint density at radius 3 is 2.56 bits per heavy atom. The summed E-state index contributed by atoms with van der Waals surface area (Å²) in [4.78, 5) is 22.4. The van der Waals surface area contributed by atoms with E-state index >= 15 is 0 Å². The van der Waals surface area contributed by atoms with Crippen LogP contribution in [0.25, 0.3) is 0 Å². The summed E-state index contributed by atoms with van der Waals surface area (Å²) in [5.41, 5.74) is 0.474. The number of nitrogens with zero attached hydrogens (tertiary/aromatic N) is 3. The van der Waals surface area contributed by atoms with Gasteiger partial charge in [0.25, 0.3) is 0 Å². The predicted molar refractivity (Wildman–Crippen MR) is 89.7 cm³/mol. The predicted octanol–water partition coefficient (Wildman–Crippen LogP) is 3.17. The van der Waals surface area contributed by atoms with Gasteiger partial charge in [0, 0.05) is 36.0 Å². The average molecular weight is 346 g/mol. The second-order valence-electron chi connectivity index (χ2n) is 6.21. The molecule has 1 aliphatic rings. The van der Waals surface area contributed by atoms with Gasteiger partial charge in [0.15, 0.2) is 0 Å². The smallest absolute Gasteiger partial charge is 0.229 e. The number of carbonyl (C=O) groups is 1. The average Bonchev–Trinajstić information content (AvgIpc) is 2.62. The fraction of sp³-hybridized carbons (Fsp3) is 0.389. The van der Waals surface area contributed by atoms with Crippen molar-refractivity contribution in [2.45, 2.75) is 25.8 Å². The fourth-order valence-corrected chi connectivity index (χ4v) is 3.16. The minimum atomic E-state index is -0.577. The van der Waals surface area contributed by atoms with Gasteiger partial charge in [-0.3, -0.25) is 15.0 Å². The first kappa shape index (κ1) is 17.4. The van der Waals surface area contributed by atoms with E-state index in [2.05, 4.69) is 20.2 Å². The van der Waals surface area contributed by atoms with Crippen molar-refractivity contribution in [3.05, 3.63) is 53.9 Å². The number of halogens is 2. The number of benzene rings is 1. The van der Waals surface area contributed by atoms with Gasteiger partial charge in [-0.05, 0) is 45.0 Å². The molecule has 0 saturated carbocycles. The second kappa shape index (κ2) is 7.65. The maximum absolute atomic E-state index is 14.0. The number of hydrogen-bond donors (Lipinski definition) is 1. The summed E-state index contributed by atoms with van der Waals surface area (Å²) in [7, 11) is 0. The first-order valence-electron chi connectivity index (χ1n) is 8.31. The zero-order valence-corrected chi connectivity index (χ0v) is 14.0. The third kappa shape index (κ3) is 4.17. The van der Waals surface area contributed by atoms with E-state index in [0.29, 0.717) is 37.4 Å². The summed E-state index contributed by atoms with van der Waals surface area (Å²) in [6, 6.07) is 5.19. The highest BCUT2D eigenvalue weighted by Gasteiger charge is 2.29. The molecule has 7 heteroatoms. The molecule has 1 amide bonds. The quantitative estimate of drug-likeness (QED) is 0.924. The minimum absolute atomic E-state index is 0.0912. The highest BCUT2D eigenvalue weighted by Crippen LogP contribution is 2.28. The molecule has 0 unspecified atom stereocenters. The van der Waals surface area contributed by atoms with Gasteiger partial charge in [-0.1, -0.05) is 6.07 Å². The lowest BCUT2D eigenvalue weighted by molar-refractivity contribution is -0.121. The van der Waals surface area contributed by atoms with Gasteiger partial charge >= 0.3 is 0 Å². The molecule has 1 saturated heterocycles. The van der Waals surface area contributed by atoms with Crippen molar-refractivity contribution in [1.29, 1.82) is 0 Å². The SMILES string of the molecule is C[C@H](c1ccc(F)cc1F)N1CCC(C(=O)Nc2ncccn2)CC1. The van der Waals surface area contributed by atoms with Crippen LogP contribution in [-0.4, -0.2) is 33.9 Å². The molecule has 1 N–H and O–H groups in total. The molecule has 1 fully saturated rings. The van der Waals surface area contributed by atoms with E-state index in [0.717, 1.165) is 6.07 Å². The highest BCUT2D eigenvalue weighted by atomic mass is 19.1. The van der Waals surface area contributed by atoms with Crippen molar-refractivity contribution in [3.8, 4) is 0 Å². The largest absolute Gasteiger partial charge is 0.296 e. The molecule has 0 bridgehead atoms. The molecular weight excluding hydrogens is 326 g/mol.